The smallest absolute Gasteiger partial charge is 0.0587 e. The van der Waals surface area contributed by atoms with Crippen LogP contribution in [0.5, 0.6) is 0 Å². The molecule has 0 radical (unpaired) electrons. The van der Waals surface area contributed by atoms with Crippen LogP contribution in [0.25, 0.3) is 0 Å². The van der Waals surface area contributed by atoms with Crippen LogP contribution in [0.2, 0.25) is 0 Å². The predicted octanol–water partition coefficient (Wildman–Crippen LogP) is 0.195. The molecule has 0 saturated carbocycles. The fourth-order valence-corrected chi connectivity index (χ4v) is 2.65. The lowest BCUT2D eigenvalue weighted by Gasteiger charge is -2.35. The number of rotatable bonds is 2. The summed E-state index contributed by atoms with van der Waals surface area (Å²) < 4.78 is 0. The summed E-state index contributed by atoms with van der Waals surface area (Å²) in [7, 11) is 0. The second-order valence-corrected chi connectivity index (χ2v) is 4.22. The van der Waals surface area contributed by atoms with Crippen LogP contribution in [0.1, 0.15) is 25.7 Å². The van der Waals surface area contributed by atoms with Crippen LogP contribution in [0.3, 0.4) is 0 Å². The van der Waals surface area contributed by atoms with Crippen molar-refractivity contribution in [3.8, 4) is 0 Å². The van der Waals surface area contributed by atoms with E-state index in [1.807, 2.05) is 0 Å². The Labute approximate surface area is 80.1 Å². The fourth-order valence-electron chi connectivity index (χ4n) is 2.65. The minimum Gasteiger partial charge on any atom is -0.395 e. The van der Waals surface area contributed by atoms with Crippen molar-refractivity contribution >= 4 is 0 Å². The highest BCUT2D eigenvalue weighted by Crippen LogP contribution is 2.22. The van der Waals surface area contributed by atoms with Gasteiger partial charge in [-0.1, -0.05) is 0 Å². The van der Waals surface area contributed by atoms with E-state index in [1.165, 1.54) is 38.8 Å². The van der Waals surface area contributed by atoms with Gasteiger partial charge in [-0.25, -0.2) is 0 Å². The number of likely N-dealkylation sites (tertiary alicyclic amines) is 1. The zero-order valence-corrected chi connectivity index (χ0v) is 8.21. The van der Waals surface area contributed by atoms with Crippen molar-refractivity contribution in [3.05, 3.63) is 0 Å². The lowest BCUT2D eigenvalue weighted by Crippen LogP contribution is -2.48. The van der Waals surface area contributed by atoms with E-state index >= 15 is 0 Å². The molecule has 2 saturated heterocycles. The maximum absolute atomic E-state index is 9.21. The van der Waals surface area contributed by atoms with Gasteiger partial charge < -0.3 is 10.4 Å². The molecule has 0 aromatic rings. The van der Waals surface area contributed by atoms with Gasteiger partial charge in [0.05, 0.1) is 6.61 Å². The van der Waals surface area contributed by atoms with Gasteiger partial charge >= 0.3 is 0 Å². The summed E-state index contributed by atoms with van der Waals surface area (Å²) in [5, 5.41) is 12.6. The molecule has 0 bridgehead atoms. The third kappa shape index (κ3) is 2.03. The molecule has 3 nitrogen and oxygen atoms in total. The Hall–Kier alpha value is -0.120. The van der Waals surface area contributed by atoms with Crippen molar-refractivity contribution in [1.82, 2.24) is 10.2 Å². The average molecular weight is 184 g/mol. The van der Waals surface area contributed by atoms with E-state index in [9.17, 15) is 5.11 Å². The summed E-state index contributed by atoms with van der Waals surface area (Å²) in [6.45, 7) is 3.83. The molecule has 76 valence electrons. The highest BCUT2D eigenvalue weighted by molar-refractivity contribution is 4.87. The van der Waals surface area contributed by atoms with Crippen molar-refractivity contribution in [1.29, 1.82) is 0 Å². The summed E-state index contributed by atoms with van der Waals surface area (Å²) in [5.74, 6) is 0. The van der Waals surface area contributed by atoms with Gasteiger partial charge in [0.25, 0.3) is 0 Å². The topological polar surface area (TPSA) is 35.5 Å². The Kier molecular flexibility index (Phi) is 3.19. The molecular weight excluding hydrogens is 164 g/mol. The molecule has 2 aliphatic rings. The van der Waals surface area contributed by atoms with Gasteiger partial charge in [0.2, 0.25) is 0 Å². The van der Waals surface area contributed by atoms with Crippen LogP contribution in [-0.4, -0.2) is 48.3 Å². The summed E-state index contributed by atoms with van der Waals surface area (Å²) in [5.41, 5.74) is 0. The Bertz CT molecular complexity index is 157. The third-order valence-electron chi connectivity index (χ3n) is 3.37. The van der Waals surface area contributed by atoms with E-state index in [0.29, 0.717) is 18.7 Å². The van der Waals surface area contributed by atoms with Crippen LogP contribution < -0.4 is 5.32 Å². The van der Waals surface area contributed by atoms with Crippen molar-refractivity contribution in [2.24, 2.45) is 0 Å². The van der Waals surface area contributed by atoms with E-state index in [0.717, 1.165) is 6.54 Å². The normalized spacial score (nSPS) is 36.7. The maximum atomic E-state index is 9.21. The Balaban J connectivity index is 1.90. The molecule has 0 spiro atoms. The number of nitrogens with one attached hydrogen (secondary N) is 1. The molecule has 2 atom stereocenters. The summed E-state index contributed by atoms with van der Waals surface area (Å²) in [6, 6.07) is 1.14. The monoisotopic (exact) mass is 184 g/mol. The number of aliphatic hydroxyl groups is 1. The second-order valence-electron chi connectivity index (χ2n) is 4.22. The van der Waals surface area contributed by atoms with Gasteiger partial charge in [0.15, 0.2) is 0 Å². The molecular formula is C10H20N2O. The molecule has 0 aromatic heterocycles. The minimum atomic E-state index is 0.344. The largest absolute Gasteiger partial charge is 0.395 e. The highest BCUT2D eigenvalue weighted by Gasteiger charge is 2.30. The Morgan fingerprint density at radius 3 is 2.92 bits per heavy atom. The molecule has 2 fully saturated rings. The van der Waals surface area contributed by atoms with Crippen molar-refractivity contribution in [3.63, 3.8) is 0 Å². The van der Waals surface area contributed by atoms with Gasteiger partial charge in [-0.3, -0.25) is 4.90 Å². The molecule has 2 aliphatic heterocycles. The van der Waals surface area contributed by atoms with Crippen molar-refractivity contribution in [2.75, 3.05) is 26.2 Å². The summed E-state index contributed by atoms with van der Waals surface area (Å²) in [6.07, 6.45) is 5.05. The Morgan fingerprint density at radius 2 is 2.23 bits per heavy atom. The van der Waals surface area contributed by atoms with Crippen LogP contribution in [0.4, 0.5) is 0 Å². The SMILES string of the molecule is OC[C@@H]1CCCN1C1CCCNC1. The van der Waals surface area contributed by atoms with Gasteiger partial charge in [-0.05, 0) is 38.8 Å². The first kappa shape index (κ1) is 9.44. The highest BCUT2D eigenvalue weighted by atomic mass is 16.3. The van der Waals surface area contributed by atoms with Gasteiger partial charge in [-0.15, -0.1) is 0 Å². The van der Waals surface area contributed by atoms with E-state index in [2.05, 4.69) is 10.2 Å². The second kappa shape index (κ2) is 4.40. The zero-order valence-electron chi connectivity index (χ0n) is 8.21. The molecule has 13 heavy (non-hydrogen) atoms. The Morgan fingerprint density at radius 1 is 1.31 bits per heavy atom. The van der Waals surface area contributed by atoms with Gasteiger partial charge in [0.1, 0.15) is 0 Å². The average Bonchev–Trinajstić information content (AvgIpc) is 2.67. The van der Waals surface area contributed by atoms with Gasteiger partial charge in [0, 0.05) is 18.6 Å². The molecule has 2 rings (SSSR count). The molecule has 0 aromatic carbocycles. The first-order chi connectivity index (χ1) is 6.42. The van der Waals surface area contributed by atoms with Crippen LogP contribution in [-0.2, 0) is 0 Å². The van der Waals surface area contributed by atoms with E-state index in [1.54, 1.807) is 0 Å². The van der Waals surface area contributed by atoms with E-state index < -0.39 is 0 Å². The molecule has 0 aliphatic carbocycles. The summed E-state index contributed by atoms with van der Waals surface area (Å²) in [4.78, 5) is 2.51. The molecule has 2 heterocycles. The first-order valence-corrected chi connectivity index (χ1v) is 5.49. The lowest BCUT2D eigenvalue weighted by atomic mass is 10.1. The third-order valence-corrected chi connectivity index (χ3v) is 3.37. The van der Waals surface area contributed by atoms with E-state index in [4.69, 9.17) is 0 Å². The minimum absolute atomic E-state index is 0.344. The van der Waals surface area contributed by atoms with Crippen molar-refractivity contribution in [2.45, 2.75) is 37.8 Å². The van der Waals surface area contributed by atoms with Crippen LogP contribution in [0, 0.1) is 0 Å². The van der Waals surface area contributed by atoms with E-state index in [-0.39, 0.29) is 0 Å². The molecule has 3 heteroatoms. The first-order valence-electron chi connectivity index (χ1n) is 5.49. The number of nitrogens with zero attached hydrogens (tertiary/aromatic N) is 1. The number of hydrogen-bond donors (Lipinski definition) is 2. The number of piperidine rings is 1. The standard InChI is InChI=1S/C10H20N2O/c13-8-10-4-2-6-12(10)9-3-1-5-11-7-9/h9-11,13H,1-8H2/t9?,10-/m0/s1. The maximum Gasteiger partial charge on any atom is 0.0587 e. The predicted molar refractivity (Wildman–Crippen MR) is 52.7 cm³/mol. The van der Waals surface area contributed by atoms with Crippen LogP contribution >= 0.6 is 0 Å². The molecule has 2 N–H and O–H groups in total. The zero-order chi connectivity index (χ0) is 9.10. The molecule has 1 unspecified atom stereocenters. The van der Waals surface area contributed by atoms with Gasteiger partial charge in [-0.2, -0.15) is 0 Å². The van der Waals surface area contributed by atoms with Crippen molar-refractivity contribution < 1.29 is 5.11 Å². The summed E-state index contributed by atoms with van der Waals surface area (Å²) >= 11 is 0. The quantitative estimate of drug-likeness (QED) is 0.643. The number of aliphatic hydroxyl groups excluding tert-OH is 1. The fraction of sp³-hybridized carbons (Fsp3) is 1.00. The number of hydrogen-bond acceptors (Lipinski definition) is 3. The van der Waals surface area contributed by atoms with Crippen LogP contribution in [0.15, 0.2) is 0 Å². The lowest BCUT2D eigenvalue weighted by molar-refractivity contribution is 0.104. The molecule has 0 amide bonds.